The van der Waals surface area contributed by atoms with Crippen molar-refractivity contribution in [2.24, 2.45) is 5.10 Å². The molecule has 1 N–H and O–H groups in total. The van der Waals surface area contributed by atoms with E-state index in [-0.39, 0.29) is 12.5 Å². The number of hydrazone groups is 1. The lowest BCUT2D eigenvalue weighted by Crippen LogP contribution is -2.24. The molecule has 0 atom stereocenters. The van der Waals surface area contributed by atoms with Crippen molar-refractivity contribution in [2.45, 2.75) is 6.92 Å². The highest BCUT2D eigenvalue weighted by Gasteiger charge is 2.01. The average Bonchev–Trinajstić information content (AvgIpc) is 2.49. The number of carbonyl (C=O) groups is 1. The molecule has 0 aliphatic rings. The van der Waals surface area contributed by atoms with Crippen molar-refractivity contribution in [3.8, 4) is 5.75 Å². The van der Waals surface area contributed by atoms with Crippen LogP contribution in [0.15, 0.2) is 53.6 Å². The van der Waals surface area contributed by atoms with Gasteiger partial charge in [0.2, 0.25) is 0 Å². The molecule has 4 nitrogen and oxygen atoms in total. The Morgan fingerprint density at radius 1 is 1.24 bits per heavy atom. The summed E-state index contributed by atoms with van der Waals surface area (Å²) in [7, 11) is 0. The first-order valence-electron chi connectivity index (χ1n) is 6.41. The van der Waals surface area contributed by atoms with Crippen LogP contribution in [-0.4, -0.2) is 18.7 Å². The number of hydrogen-bond acceptors (Lipinski definition) is 3. The fourth-order valence-electron chi connectivity index (χ4n) is 1.62. The number of carbonyl (C=O) groups excluding carboxylic acids is 1. The lowest BCUT2D eigenvalue weighted by Gasteiger charge is -2.04. The van der Waals surface area contributed by atoms with Crippen LogP contribution in [0.5, 0.6) is 5.75 Å². The quantitative estimate of drug-likeness (QED) is 0.681. The number of benzene rings is 2. The van der Waals surface area contributed by atoms with E-state index in [9.17, 15) is 4.79 Å². The number of hydrogen-bond donors (Lipinski definition) is 1. The minimum atomic E-state index is -0.324. The maximum atomic E-state index is 11.6. The first-order chi connectivity index (χ1) is 10.1. The molecule has 0 fully saturated rings. The van der Waals surface area contributed by atoms with E-state index >= 15 is 0 Å². The summed E-state index contributed by atoms with van der Waals surface area (Å²) in [6, 6.07) is 14.6. The van der Waals surface area contributed by atoms with Crippen LogP contribution in [0.1, 0.15) is 11.1 Å². The van der Waals surface area contributed by atoms with Gasteiger partial charge in [0.1, 0.15) is 5.75 Å². The third-order valence-corrected chi connectivity index (χ3v) is 3.02. The molecule has 0 heterocycles. The fraction of sp³-hybridized carbons (Fsp3) is 0.125. The van der Waals surface area contributed by atoms with Crippen LogP contribution in [0.4, 0.5) is 0 Å². The highest BCUT2D eigenvalue weighted by molar-refractivity contribution is 6.30. The molecule has 0 bridgehead atoms. The molecule has 0 aliphatic heterocycles. The number of nitrogens with zero attached hydrogens (tertiary/aromatic N) is 1. The van der Waals surface area contributed by atoms with Crippen molar-refractivity contribution in [1.29, 1.82) is 0 Å². The van der Waals surface area contributed by atoms with Crippen molar-refractivity contribution in [2.75, 3.05) is 6.61 Å². The van der Waals surface area contributed by atoms with Crippen LogP contribution in [0.25, 0.3) is 0 Å². The largest absolute Gasteiger partial charge is 0.484 e. The van der Waals surface area contributed by atoms with E-state index in [0.29, 0.717) is 10.8 Å². The zero-order chi connectivity index (χ0) is 15.1. The minimum absolute atomic E-state index is 0.104. The number of nitrogens with one attached hydrogen (secondary N) is 1. The molecule has 0 spiro atoms. The molecule has 21 heavy (non-hydrogen) atoms. The van der Waals surface area contributed by atoms with E-state index in [1.165, 1.54) is 0 Å². The van der Waals surface area contributed by atoms with Crippen LogP contribution in [0.2, 0.25) is 5.02 Å². The van der Waals surface area contributed by atoms with Gasteiger partial charge in [-0.15, -0.1) is 0 Å². The predicted molar refractivity (Wildman–Crippen MR) is 83.9 cm³/mol. The number of amides is 1. The summed E-state index contributed by atoms with van der Waals surface area (Å²) >= 11 is 5.76. The maximum Gasteiger partial charge on any atom is 0.277 e. The predicted octanol–water partition coefficient (Wildman–Crippen LogP) is 3.18. The van der Waals surface area contributed by atoms with Gasteiger partial charge in [0.25, 0.3) is 5.91 Å². The van der Waals surface area contributed by atoms with Gasteiger partial charge in [-0.2, -0.15) is 5.10 Å². The molecule has 2 aromatic carbocycles. The Morgan fingerprint density at radius 3 is 2.67 bits per heavy atom. The molecule has 0 saturated carbocycles. The summed E-state index contributed by atoms with van der Waals surface area (Å²) in [6.45, 7) is 1.87. The van der Waals surface area contributed by atoms with Crippen LogP contribution < -0.4 is 10.2 Å². The third kappa shape index (κ3) is 4.93. The van der Waals surface area contributed by atoms with E-state index in [1.54, 1.807) is 30.5 Å². The molecule has 5 heteroatoms. The van der Waals surface area contributed by atoms with Gasteiger partial charge in [-0.1, -0.05) is 35.9 Å². The van der Waals surface area contributed by atoms with Gasteiger partial charge in [-0.25, -0.2) is 5.43 Å². The van der Waals surface area contributed by atoms with Crippen LogP contribution >= 0.6 is 11.6 Å². The van der Waals surface area contributed by atoms with E-state index < -0.39 is 0 Å². The number of ether oxygens (including phenoxy) is 1. The Balaban J connectivity index is 1.80. The first kappa shape index (κ1) is 15.1. The Kier molecular flexibility index (Phi) is 5.35. The topological polar surface area (TPSA) is 50.7 Å². The molecular formula is C16H15ClN2O2. The molecular weight excluding hydrogens is 288 g/mol. The number of halogens is 1. The summed E-state index contributed by atoms with van der Waals surface area (Å²) in [6.07, 6.45) is 1.61. The Bertz CT molecular complexity index is 639. The summed E-state index contributed by atoms with van der Waals surface area (Å²) < 4.78 is 5.30. The monoisotopic (exact) mass is 302 g/mol. The average molecular weight is 303 g/mol. The van der Waals surface area contributed by atoms with E-state index in [2.05, 4.69) is 10.5 Å². The summed E-state index contributed by atoms with van der Waals surface area (Å²) in [4.78, 5) is 11.6. The molecule has 1 amide bonds. The van der Waals surface area contributed by atoms with E-state index in [4.69, 9.17) is 16.3 Å². The van der Waals surface area contributed by atoms with Gasteiger partial charge in [-0.3, -0.25) is 4.79 Å². The summed E-state index contributed by atoms with van der Waals surface area (Å²) in [5.74, 6) is 0.257. The van der Waals surface area contributed by atoms with Crippen molar-refractivity contribution >= 4 is 23.7 Å². The molecule has 2 aromatic rings. The van der Waals surface area contributed by atoms with Crippen LogP contribution in [0, 0.1) is 6.92 Å². The van der Waals surface area contributed by atoms with Gasteiger partial charge >= 0.3 is 0 Å². The van der Waals surface area contributed by atoms with Gasteiger partial charge in [0.15, 0.2) is 6.61 Å². The minimum Gasteiger partial charge on any atom is -0.484 e. The Hall–Kier alpha value is -2.33. The van der Waals surface area contributed by atoms with Crippen LogP contribution in [-0.2, 0) is 4.79 Å². The number of aryl methyl sites for hydroxylation is 1. The third-order valence-electron chi connectivity index (χ3n) is 2.76. The van der Waals surface area contributed by atoms with Crippen LogP contribution in [0.3, 0.4) is 0 Å². The SMILES string of the molecule is Cc1ccccc1/C=N\NC(=O)COc1ccc(Cl)cc1. The lowest BCUT2D eigenvalue weighted by atomic mass is 10.1. The molecule has 108 valence electrons. The van der Waals surface area contributed by atoms with Gasteiger partial charge < -0.3 is 4.74 Å². The maximum absolute atomic E-state index is 11.6. The molecule has 0 unspecified atom stereocenters. The zero-order valence-electron chi connectivity index (χ0n) is 11.5. The number of rotatable bonds is 5. The highest BCUT2D eigenvalue weighted by atomic mass is 35.5. The second-order valence-electron chi connectivity index (χ2n) is 4.39. The molecule has 2 rings (SSSR count). The van der Waals surface area contributed by atoms with Crippen molar-refractivity contribution < 1.29 is 9.53 Å². The highest BCUT2D eigenvalue weighted by Crippen LogP contribution is 2.15. The van der Waals surface area contributed by atoms with Crippen molar-refractivity contribution in [3.63, 3.8) is 0 Å². The van der Waals surface area contributed by atoms with E-state index in [0.717, 1.165) is 11.1 Å². The fourth-order valence-corrected chi connectivity index (χ4v) is 1.74. The lowest BCUT2D eigenvalue weighted by molar-refractivity contribution is -0.123. The summed E-state index contributed by atoms with van der Waals surface area (Å²) in [5.41, 5.74) is 4.47. The zero-order valence-corrected chi connectivity index (χ0v) is 12.3. The Morgan fingerprint density at radius 2 is 1.95 bits per heavy atom. The van der Waals surface area contributed by atoms with Gasteiger partial charge in [0, 0.05) is 5.02 Å². The summed E-state index contributed by atoms with van der Waals surface area (Å²) in [5, 5.41) is 4.52. The molecule has 0 aromatic heterocycles. The van der Waals surface area contributed by atoms with Crippen molar-refractivity contribution in [1.82, 2.24) is 5.43 Å². The van der Waals surface area contributed by atoms with Crippen molar-refractivity contribution in [3.05, 3.63) is 64.7 Å². The molecule has 0 aliphatic carbocycles. The van der Waals surface area contributed by atoms with Gasteiger partial charge in [0.05, 0.1) is 6.21 Å². The first-order valence-corrected chi connectivity index (χ1v) is 6.79. The normalized spacial score (nSPS) is 10.6. The van der Waals surface area contributed by atoms with E-state index in [1.807, 2.05) is 31.2 Å². The smallest absolute Gasteiger partial charge is 0.277 e. The molecule has 0 saturated heterocycles. The second kappa shape index (κ2) is 7.45. The van der Waals surface area contributed by atoms with Gasteiger partial charge in [-0.05, 0) is 42.3 Å². The second-order valence-corrected chi connectivity index (χ2v) is 4.83. The molecule has 0 radical (unpaired) electrons. The Labute approximate surface area is 128 Å². The standard InChI is InChI=1S/C16H15ClN2O2/c1-12-4-2-3-5-13(12)10-18-19-16(20)11-21-15-8-6-14(17)7-9-15/h2-10H,11H2,1H3,(H,19,20)/b18-10-.